The van der Waals surface area contributed by atoms with E-state index in [1.54, 1.807) is 0 Å². The van der Waals surface area contributed by atoms with Crippen LogP contribution in [0.3, 0.4) is 0 Å². The fraction of sp³-hybridized carbons (Fsp3) is 0.200. The molecule has 0 aliphatic carbocycles. The molecule has 0 atom stereocenters. The molecule has 6 nitrogen and oxygen atoms in total. The zero-order valence-electron chi connectivity index (χ0n) is 8.80. The third-order valence-corrected chi connectivity index (χ3v) is 2.34. The van der Waals surface area contributed by atoms with E-state index in [2.05, 4.69) is 10.2 Å². The van der Waals surface area contributed by atoms with Crippen molar-refractivity contribution in [2.75, 3.05) is 18.1 Å². The maximum Gasteiger partial charge on any atom is 0.241 e. The van der Waals surface area contributed by atoms with Crippen molar-refractivity contribution in [1.29, 1.82) is 0 Å². The molecule has 1 aromatic heterocycles. The molecule has 0 amide bonds. The molecular formula is C10H14N6. The number of rotatable bonds is 3. The van der Waals surface area contributed by atoms with Gasteiger partial charge in [-0.25, -0.2) is 4.68 Å². The number of nitrogens with two attached hydrogens (primary N) is 3. The molecule has 0 spiro atoms. The Morgan fingerprint density at radius 1 is 1.25 bits per heavy atom. The van der Waals surface area contributed by atoms with Crippen molar-refractivity contribution in [2.24, 2.45) is 5.73 Å². The van der Waals surface area contributed by atoms with Crippen LogP contribution in [0, 0.1) is 0 Å². The van der Waals surface area contributed by atoms with Crippen LogP contribution in [-0.2, 0) is 6.42 Å². The van der Waals surface area contributed by atoms with Crippen LogP contribution in [0.4, 0.5) is 5.95 Å². The molecule has 0 unspecified atom stereocenters. The lowest BCUT2D eigenvalue weighted by atomic mass is 10.1. The fourth-order valence-electron chi connectivity index (χ4n) is 1.53. The first kappa shape index (κ1) is 10.4. The summed E-state index contributed by atoms with van der Waals surface area (Å²) in [7, 11) is 0. The molecule has 1 aromatic carbocycles. The SMILES string of the molecule is NCCc1cccc(-c2nnc(N)n2N)c1. The van der Waals surface area contributed by atoms with E-state index in [0.717, 1.165) is 17.5 Å². The Bertz CT molecular complexity index is 490. The van der Waals surface area contributed by atoms with Gasteiger partial charge in [0.05, 0.1) is 0 Å². The summed E-state index contributed by atoms with van der Waals surface area (Å²) in [5.74, 6) is 6.45. The van der Waals surface area contributed by atoms with E-state index in [-0.39, 0.29) is 5.95 Å². The van der Waals surface area contributed by atoms with Crippen LogP contribution in [-0.4, -0.2) is 21.4 Å². The number of nitrogens with zero attached hydrogens (tertiary/aromatic N) is 3. The standard InChI is InChI=1S/C10H14N6/c11-5-4-7-2-1-3-8(6-7)9-14-15-10(12)16(9)13/h1-3,6H,4-5,11,13H2,(H2,12,15). The number of aromatic nitrogens is 3. The Labute approximate surface area is 93.0 Å². The highest BCUT2D eigenvalue weighted by molar-refractivity contribution is 5.58. The molecule has 1 heterocycles. The molecule has 16 heavy (non-hydrogen) atoms. The van der Waals surface area contributed by atoms with Gasteiger partial charge in [-0.1, -0.05) is 18.2 Å². The van der Waals surface area contributed by atoms with Crippen molar-refractivity contribution in [2.45, 2.75) is 6.42 Å². The molecule has 0 saturated carbocycles. The largest absolute Gasteiger partial charge is 0.366 e. The molecule has 2 rings (SSSR count). The summed E-state index contributed by atoms with van der Waals surface area (Å²) >= 11 is 0. The third kappa shape index (κ3) is 1.82. The van der Waals surface area contributed by atoms with E-state index in [1.165, 1.54) is 4.68 Å². The van der Waals surface area contributed by atoms with Crippen LogP contribution in [0.1, 0.15) is 5.56 Å². The van der Waals surface area contributed by atoms with Gasteiger partial charge in [-0.2, -0.15) is 0 Å². The Balaban J connectivity index is 2.40. The average Bonchev–Trinajstić information content (AvgIpc) is 2.61. The molecule has 84 valence electrons. The van der Waals surface area contributed by atoms with Crippen LogP contribution in [0.15, 0.2) is 24.3 Å². The van der Waals surface area contributed by atoms with E-state index in [1.807, 2.05) is 24.3 Å². The Morgan fingerprint density at radius 3 is 2.69 bits per heavy atom. The molecule has 0 bridgehead atoms. The van der Waals surface area contributed by atoms with Crippen LogP contribution in [0.2, 0.25) is 0 Å². The minimum atomic E-state index is 0.194. The van der Waals surface area contributed by atoms with Gasteiger partial charge in [-0.05, 0) is 24.6 Å². The number of hydrogen-bond donors (Lipinski definition) is 3. The first-order valence-corrected chi connectivity index (χ1v) is 4.97. The molecule has 6 N–H and O–H groups in total. The highest BCUT2D eigenvalue weighted by Crippen LogP contribution is 2.18. The van der Waals surface area contributed by atoms with Gasteiger partial charge in [0, 0.05) is 5.56 Å². The topological polar surface area (TPSA) is 109 Å². The summed E-state index contributed by atoms with van der Waals surface area (Å²) in [6, 6.07) is 7.84. The Kier molecular flexibility index (Phi) is 2.74. The van der Waals surface area contributed by atoms with E-state index in [9.17, 15) is 0 Å². The molecule has 0 saturated heterocycles. The minimum absolute atomic E-state index is 0.194. The van der Waals surface area contributed by atoms with Crippen molar-refractivity contribution in [3.05, 3.63) is 29.8 Å². The second-order valence-electron chi connectivity index (χ2n) is 3.49. The summed E-state index contributed by atoms with van der Waals surface area (Å²) in [4.78, 5) is 0. The smallest absolute Gasteiger partial charge is 0.241 e. The number of anilines is 1. The Hall–Kier alpha value is -2.08. The lowest BCUT2D eigenvalue weighted by molar-refractivity contribution is 0.966. The predicted octanol–water partition coefficient (Wildman–Crippen LogP) is -0.258. The summed E-state index contributed by atoms with van der Waals surface area (Å²) in [6.45, 7) is 0.612. The Morgan fingerprint density at radius 2 is 2.06 bits per heavy atom. The van der Waals surface area contributed by atoms with Crippen molar-refractivity contribution in [1.82, 2.24) is 14.9 Å². The second kappa shape index (κ2) is 4.19. The second-order valence-corrected chi connectivity index (χ2v) is 3.49. The first-order chi connectivity index (χ1) is 7.72. The van der Waals surface area contributed by atoms with E-state index >= 15 is 0 Å². The highest BCUT2D eigenvalue weighted by atomic mass is 15.4. The predicted molar refractivity (Wildman–Crippen MR) is 62.8 cm³/mol. The lowest BCUT2D eigenvalue weighted by Crippen LogP contribution is -2.13. The normalized spacial score (nSPS) is 10.6. The minimum Gasteiger partial charge on any atom is -0.366 e. The molecular weight excluding hydrogens is 204 g/mol. The quantitative estimate of drug-likeness (QED) is 0.615. The fourth-order valence-corrected chi connectivity index (χ4v) is 1.53. The van der Waals surface area contributed by atoms with Gasteiger partial charge < -0.3 is 17.3 Å². The summed E-state index contributed by atoms with van der Waals surface area (Å²) in [5, 5.41) is 7.63. The molecule has 0 aliphatic heterocycles. The van der Waals surface area contributed by atoms with Gasteiger partial charge in [-0.3, -0.25) is 0 Å². The van der Waals surface area contributed by atoms with Crippen molar-refractivity contribution >= 4 is 5.95 Å². The highest BCUT2D eigenvalue weighted by Gasteiger charge is 2.09. The number of nitrogen functional groups attached to an aromatic ring is 2. The molecule has 0 aliphatic rings. The number of benzene rings is 1. The third-order valence-electron chi connectivity index (χ3n) is 2.34. The van der Waals surface area contributed by atoms with E-state index < -0.39 is 0 Å². The molecule has 6 heteroatoms. The zero-order valence-corrected chi connectivity index (χ0v) is 8.80. The summed E-state index contributed by atoms with van der Waals surface area (Å²) in [6.07, 6.45) is 0.821. The van der Waals surface area contributed by atoms with Gasteiger partial charge in [0.25, 0.3) is 0 Å². The van der Waals surface area contributed by atoms with Gasteiger partial charge in [0.15, 0.2) is 5.82 Å². The summed E-state index contributed by atoms with van der Waals surface area (Å²) in [5.41, 5.74) is 13.1. The summed E-state index contributed by atoms with van der Waals surface area (Å²) < 4.78 is 1.27. The van der Waals surface area contributed by atoms with Crippen LogP contribution in [0.25, 0.3) is 11.4 Å². The van der Waals surface area contributed by atoms with Gasteiger partial charge in [0.1, 0.15) is 0 Å². The van der Waals surface area contributed by atoms with Gasteiger partial charge in [-0.15, -0.1) is 10.2 Å². The van der Waals surface area contributed by atoms with Crippen LogP contribution in [0.5, 0.6) is 0 Å². The van der Waals surface area contributed by atoms with Crippen molar-refractivity contribution < 1.29 is 0 Å². The van der Waals surface area contributed by atoms with Crippen LogP contribution >= 0.6 is 0 Å². The van der Waals surface area contributed by atoms with Crippen LogP contribution < -0.4 is 17.3 Å². The van der Waals surface area contributed by atoms with Crippen molar-refractivity contribution in [3.63, 3.8) is 0 Å². The monoisotopic (exact) mass is 218 g/mol. The molecule has 0 fully saturated rings. The maximum atomic E-state index is 5.70. The van der Waals surface area contributed by atoms with Gasteiger partial charge >= 0.3 is 0 Å². The van der Waals surface area contributed by atoms with Crippen molar-refractivity contribution in [3.8, 4) is 11.4 Å². The molecule has 0 radical (unpaired) electrons. The zero-order chi connectivity index (χ0) is 11.5. The maximum absolute atomic E-state index is 5.70. The number of hydrogen-bond acceptors (Lipinski definition) is 5. The first-order valence-electron chi connectivity index (χ1n) is 4.97. The van der Waals surface area contributed by atoms with Gasteiger partial charge in [0.2, 0.25) is 5.95 Å². The average molecular weight is 218 g/mol. The van der Waals surface area contributed by atoms with E-state index in [4.69, 9.17) is 17.3 Å². The van der Waals surface area contributed by atoms with E-state index in [0.29, 0.717) is 12.4 Å². The molecule has 2 aromatic rings. The lowest BCUT2D eigenvalue weighted by Gasteiger charge is -2.03.